The normalized spacial score (nSPS) is 17.7. The number of para-hydroxylation sites is 1. The quantitative estimate of drug-likeness (QED) is 0.291. The summed E-state index contributed by atoms with van der Waals surface area (Å²) in [7, 11) is 0. The molecule has 0 atom stereocenters. The van der Waals surface area contributed by atoms with Crippen LogP contribution in [0.2, 0.25) is 0 Å². The van der Waals surface area contributed by atoms with Gasteiger partial charge in [-0.2, -0.15) is 10.4 Å². The second-order valence-corrected chi connectivity index (χ2v) is 10.4. The molecule has 5 aromatic rings. The zero-order valence-electron chi connectivity index (χ0n) is 21.6. The second kappa shape index (κ2) is 9.88. The molecule has 0 spiro atoms. The number of nitrogens with one attached hydrogen (secondary N) is 1. The fraction of sp³-hybridized carbons (Fsp3) is 0.290. The van der Waals surface area contributed by atoms with E-state index in [2.05, 4.69) is 42.4 Å². The van der Waals surface area contributed by atoms with Crippen LogP contribution in [0.1, 0.15) is 56.7 Å². The lowest BCUT2D eigenvalue weighted by Crippen LogP contribution is -2.28. The number of rotatable bonds is 5. The number of fused-ring (bicyclic) bond motifs is 2. The first-order chi connectivity index (χ1) is 18.5. The largest absolute Gasteiger partial charge is 0.393 e. The first-order valence-electron chi connectivity index (χ1n) is 13.2. The van der Waals surface area contributed by atoms with E-state index in [1.54, 1.807) is 0 Å². The number of aliphatic hydroxyl groups excluding tert-OH is 1. The number of hydrogen-bond donors (Lipinski definition) is 2. The number of pyridine rings is 2. The van der Waals surface area contributed by atoms with E-state index >= 15 is 0 Å². The molecule has 1 aliphatic rings. The summed E-state index contributed by atoms with van der Waals surface area (Å²) >= 11 is 0. The van der Waals surface area contributed by atoms with Crippen LogP contribution in [0, 0.1) is 11.3 Å². The van der Waals surface area contributed by atoms with Gasteiger partial charge in [0.05, 0.1) is 50.8 Å². The first-order valence-corrected chi connectivity index (χ1v) is 13.2. The Morgan fingerprint density at radius 1 is 1.03 bits per heavy atom. The predicted molar refractivity (Wildman–Crippen MR) is 150 cm³/mol. The molecule has 7 nitrogen and oxygen atoms in total. The van der Waals surface area contributed by atoms with Gasteiger partial charge in [-0.05, 0) is 68.0 Å². The Morgan fingerprint density at radius 3 is 2.63 bits per heavy atom. The molecule has 38 heavy (non-hydrogen) atoms. The molecule has 7 heteroatoms. The highest BCUT2D eigenvalue weighted by Crippen LogP contribution is 2.35. The van der Waals surface area contributed by atoms with Gasteiger partial charge in [-0.1, -0.05) is 32.0 Å². The first kappa shape index (κ1) is 24.1. The van der Waals surface area contributed by atoms with E-state index in [1.165, 1.54) is 0 Å². The van der Waals surface area contributed by atoms with Crippen LogP contribution in [0.3, 0.4) is 0 Å². The summed E-state index contributed by atoms with van der Waals surface area (Å²) in [5, 5.41) is 30.4. The molecule has 3 heterocycles. The van der Waals surface area contributed by atoms with Gasteiger partial charge in [0.25, 0.3) is 0 Å². The van der Waals surface area contributed by atoms with Gasteiger partial charge >= 0.3 is 0 Å². The Morgan fingerprint density at radius 2 is 1.84 bits per heavy atom. The maximum atomic E-state index is 9.89. The zero-order valence-corrected chi connectivity index (χ0v) is 21.6. The van der Waals surface area contributed by atoms with Crippen molar-refractivity contribution in [3.05, 3.63) is 78.2 Å². The van der Waals surface area contributed by atoms with E-state index in [1.807, 2.05) is 59.5 Å². The molecule has 1 fully saturated rings. The molecular weight excluding hydrogens is 472 g/mol. The molecule has 0 radical (unpaired) electrons. The van der Waals surface area contributed by atoms with Crippen molar-refractivity contribution < 1.29 is 5.11 Å². The summed E-state index contributed by atoms with van der Waals surface area (Å²) < 4.78 is 1.96. The summed E-state index contributed by atoms with van der Waals surface area (Å²) in [5.74, 6) is 0.180. The molecule has 2 N–H and O–H groups in total. The van der Waals surface area contributed by atoms with Gasteiger partial charge in [0.15, 0.2) is 0 Å². The highest BCUT2D eigenvalue weighted by molar-refractivity contribution is 5.97. The lowest BCUT2D eigenvalue weighted by atomic mass is 9.93. The standard InChI is InChI=1S/C31H30N6O/c1-19(2)30-29-28(13-14-33-31(29)22-15-20-5-3-4-6-26(20)34-18-22)37(36-30)24-10-7-21(17-32)27(16-24)35-23-8-11-25(38)12-9-23/h3-7,10,13-16,18-19,23,25,35,38H,8-9,11-12H2,1-2H3/t23-,25-. The third-order valence-corrected chi connectivity index (χ3v) is 7.46. The van der Waals surface area contributed by atoms with Gasteiger partial charge in [0, 0.05) is 29.4 Å². The maximum Gasteiger partial charge on any atom is 0.101 e. The average Bonchev–Trinajstić information content (AvgIpc) is 3.34. The minimum Gasteiger partial charge on any atom is -0.393 e. The molecule has 3 aromatic heterocycles. The minimum absolute atomic E-state index is 0.180. The van der Waals surface area contributed by atoms with Crippen LogP contribution >= 0.6 is 0 Å². The molecule has 0 bridgehead atoms. The number of anilines is 1. The summed E-state index contributed by atoms with van der Waals surface area (Å²) in [6.45, 7) is 4.29. The Bertz CT molecular complexity index is 1670. The van der Waals surface area contributed by atoms with Crippen LogP contribution in [0.25, 0.3) is 38.8 Å². The summed E-state index contributed by atoms with van der Waals surface area (Å²) in [6, 6.07) is 20.6. The predicted octanol–water partition coefficient (Wildman–Crippen LogP) is 6.35. The second-order valence-electron chi connectivity index (χ2n) is 10.4. The minimum atomic E-state index is -0.222. The number of aliphatic hydroxyl groups is 1. The lowest BCUT2D eigenvalue weighted by molar-refractivity contribution is 0.126. The molecule has 0 amide bonds. The number of nitrogens with zero attached hydrogens (tertiary/aromatic N) is 5. The number of benzene rings is 2. The summed E-state index contributed by atoms with van der Waals surface area (Å²) in [5.41, 5.74) is 6.99. The van der Waals surface area contributed by atoms with Crippen molar-refractivity contribution in [1.29, 1.82) is 5.26 Å². The van der Waals surface area contributed by atoms with E-state index in [-0.39, 0.29) is 18.1 Å². The Balaban J connectivity index is 1.47. The highest BCUT2D eigenvalue weighted by atomic mass is 16.3. The van der Waals surface area contributed by atoms with Crippen molar-refractivity contribution in [2.45, 2.75) is 57.6 Å². The van der Waals surface area contributed by atoms with Crippen LogP contribution in [-0.2, 0) is 0 Å². The number of hydrogen-bond acceptors (Lipinski definition) is 6. The third kappa shape index (κ3) is 4.37. The van der Waals surface area contributed by atoms with E-state index in [4.69, 9.17) is 10.1 Å². The SMILES string of the molecule is CC(C)c1nn(-c2ccc(C#N)c(N[C@H]3CC[C@H](O)CC3)c2)c2ccnc(-c3cnc4ccccc4c3)c12. The van der Waals surface area contributed by atoms with Gasteiger partial charge < -0.3 is 10.4 Å². The van der Waals surface area contributed by atoms with Gasteiger partial charge in [0.1, 0.15) is 6.07 Å². The van der Waals surface area contributed by atoms with Crippen LogP contribution in [0.15, 0.2) is 67.0 Å². The van der Waals surface area contributed by atoms with Gasteiger partial charge in [-0.15, -0.1) is 0 Å². The van der Waals surface area contributed by atoms with Crippen LogP contribution in [0.4, 0.5) is 5.69 Å². The van der Waals surface area contributed by atoms with Crippen LogP contribution in [-0.4, -0.2) is 37.0 Å². The third-order valence-electron chi connectivity index (χ3n) is 7.46. The monoisotopic (exact) mass is 502 g/mol. The smallest absolute Gasteiger partial charge is 0.101 e. The Kier molecular flexibility index (Phi) is 6.26. The van der Waals surface area contributed by atoms with Crippen LogP contribution in [0.5, 0.6) is 0 Å². The molecule has 190 valence electrons. The molecule has 0 saturated heterocycles. The fourth-order valence-corrected chi connectivity index (χ4v) is 5.43. The van der Waals surface area contributed by atoms with E-state index in [0.29, 0.717) is 5.56 Å². The molecule has 1 aliphatic carbocycles. The van der Waals surface area contributed by atoms with Gasteiger partial charge in [-0.3, -0.25) is 9.97 Å². The summed E-state index contributed by atoms with van der Waals surface area (Å²) in [4.78, 5) is 9.47. The average molecular weight is 503 g/mol. The van der Waals surface area contributed by atoms with Gasteiger partial charge in [0.2, 0.25) is 0 Å². The van der Waals surface area contributed by atoms with Crippen molar-refractivity contribution >= 4 is 27.5 Å². The van der Waals surface area contributed by atoms with Gasteiger partial charge in [-0.25, -0.2) is 4.68 Å². The van der Waals surface area contributed by atoms with Crippen molar-refractivity contribution in [3.63, 3.8) is 0 Å². The Hall–Kier alpha value is -4.28. The maximum absolute atomic E-state index is 9.89. The number of nitriles is 1. The van der Waals surface area contributed by atoms with E-state index in [0.717, 1.165) is 75.8 Å². The van der Waals surface area contributed by atoms with Crippen molar-refractivity contribution in [3.8, 4) is 23.0 Å². The molecule has 0 aliphatic heterocycles. The molecular formula is C31H30N6O. The topological polar surface area (TPSA) is 99.7 Å². The van der Waals surface area contributed by atoms with Crippen molar-refractivity contribution in [2.24, 2.45) is 0 Å². The molecule has 1 saturated carbocycles. The summed E-state index contributed by atoms with van der Waals surface area (Å²) in [6.07, 6.45) is 6.81. The molecule has 0 unspecified atom stereocenters. The van der Waals surface area contributed by atoms with E-state index in [9.17, 15) is 10.4 Å². The molecule has 2 aromatic carbocycles. The lowest BCUT2D eigenvalue weighted by Gasteiger charge is -2.27. The zero-order chi connectivity index (χ0) is 26.2. The van der Waals surface area contributed by atoms with E-state index < -0.39 is 0 Å². The van der Waals surface area contributed by atoms with Crippen molar-refractivity contribution in [1.82, 2.24) is 19.7 Å². The number of aromatic nitrogens is 4. The fourth-order valence-electron chi connectivity index (χ4n) is 5.43. The van der Waals surface area contributed by atoms with Crippen molar-refractivity contribution in [2.75, 3.05) is 5.32 Å². The Labute approximate surface area is 221 Å². The highest BCUT2D eigenvalue weighted by Gasteiger charge is 2.22. The molecule has 6 rings (SSSR count). The van der Waals surface area contributed by atoms with Crippen LogP contribution < -0.4 is 5.32 Å².